The molecule has 10 heteroatoms. The number of rotatable bonds is 5. The molecule has 0 fully saturated rings. The van der Waals surface area contributed by atoms with Crippen LogP contribution in [-0.4, -0.2) is 35.5 Å². The van der Waals surface area contributed by atoms with Gasteiger partial charge in [0.15, 0.2) is 12.4 Å². The molecule has 0 saturated heterocycles. The fourth-order valence-electron chi connectivity index (χ4n) is 3.72. The summed E-state index contributed by atoms with van der Waals surface area (Å²) in [6.07, 6.45) is -2.93. The highest BCUT2D eigenvalue weighted by atomic mass is 19.4. The maximum absolute atomic E-state index is 13.2. The van der Waals surface area contributed by atoms with Gasteiger partial charge in [0, 0.05) is 18.7 Å². The number of amides is 2. The number of ether oxygens (including phenoxy) is 1. The molecule has 0 radical (unpaired) electrons. The van der Waals surface area contributed by atoms with Crippen molar-refractivity contribution in [3.05, 3.63) is 83.3 Å². The minimum atomic E-state index is -4.55. The number of nitrogens with one attached hydrogen (secondary N) is 1. The molecule has 1 aromatic heterocycles. The van der Waals surface area contributed by atoms with Crippen LogP contribution in [0.2, 0.25) is 0 Å². The Morgan fingerprint density at radius 1 is 1.15 bits per heavy atom. The number of benzene rings is 2. The molecule has 1 unspecified atom stereocenters. The van der Waals surface area contributed by atoms with Crippen molar-refractivity contribution in [1.82, 2.24) is 4.90 Å². The van der Waals surface area contributed by atoms with Crippen molar-refractivity contribution in [2.75, 3.05) is 11.9 Å². The smallest absolute Gasteiger partial charge is 0.422 e. The largest absolute Gasteiger partial charge is 0.483 e. The third-order valence-electron chi connectivity index (χ3n) is 5.30. The number of nitriles is 1. The Hall–Kier alpha value is -4.26. The number of carbonyl (C=O) groups excluding carboxylic acids is 2. The van der Waals surface area contributed by atoms with Crippen LogP contribution in [0.5, 0.6) is 5.75 Å². The molecular formula is C24H18F3N3O4. The third-order valence-corrected chi connectivity index (χ3v) is 5.30. The van der Waals surface area contributed by atoms with Crippen LogP contribution in [0.15, 0.2) is 65.3 Å². The second-order valence-electron chi connectivity index (χ2n) is 7.61. The summed E-state index contributed by atoms with van der Waals surface area (Å²) >= 11 is 0. The van der Waals surface area contributed by atoms with Gasteiger partial charge in [0.05, 0.1) is 11.8 Å². The van der Waals surface area contributed by atoms with E-state index in [4.69, 9.17) is 4.42 Å². The fraction of sp³-hybridized carbons (Fsp3) is 0.208. The summed E-state index contributed by atoms with van der Waals surface area (Å²) < 4.78 is 47.2. The molecule has 1 N–H and O–H groups in total. The summed E-state index contributed by atoms with van der Waals surface area (Å²) in [5.74, 6) is -1.12. The van der Waals surface area contributed by atoms with Gasteiger partial charge in [-0.1, -0.05) is 24.3 Å². The van der Waals surface area contributed by atoms with Crippen molar-refractivity contribution in [2.45, 2.75) is 25.2 Å². The summed E-state index contributed by atoms with van der Waals surface area (Å²) in [5.41, 5.74) is 1.84. The van der Waals surface area contributed by atoms with Gasteiger partial charge in [-0.05, 0) is 41.5 Å². The van der Waals surface area contributed by atoms with E-state index < -0.39 is 30.6 Å². The minimum Gasteiger partial charge on any atom is -0.483 e. The number of alkyl halides is 3. The molecule has 0 saturated carbocycles. The maximum Gasteiger partial charge on any atom is 0.422 e. The molecule has 2 amide bonds. The average molecular weight is 469 g/mol. The van der Waals surface area contributed by atoms with Crippen LogP contribution < -0.4 is 10.1 Å². The van der Waals surface area contributed by atoms with Gasteiger partial charge < -0.3 is 19.4 Å². The highest BCUT2D eigenvalue weighted by Crippen LogP contribution is 2.28. The van der Waals surface area contributed by atoms with Crippen LogP contribution in [0.25, 0.3) is 0 Å². The second kappa shape index (κ2) is 9.31. The Labute approximate surface area is 192 Å². The van der Waals surface area contributed by atoms with Gasteiger partial charge in [-0.25, -0.2) is 0 Å². The minimum absolute atomic E-state index is 0.0927. The van der Waals surface area contributed by atoms with E-state index in [1.165, 1.54) is 35.4 Å². The molecule has 0 aliphatic carbocycles. The fourth-order valence-corrected chi connectivity index (χ4v) is 3.72. The quantitative estimate of drug-likeness (QED) is 0.601. The number of fused-ring (bicyclic) bond motifs is 1. The molecule has 2 aromatic carbocycles. The first kappa shape index (κ1) is 22.9. The van der Waals surface area contributed by atoms with E-state index in [2.05, 4.69) is 10.1 Å². The van der Waals surface area contributed by atoms with Gasteiger partial charge in [0.2, 0.25) is 5.91 Å². The Kier molecular flexibility index (Phi) is 6.27. The average Bonchev–Trinajstić information content (AvgIpc) is 3.36. The first-order valence-electron chi connectivity index (χ1n) is 10.2. The van der Waals surface area contributed by atoms with Crippen molar-refractivity contribution >= 4 is 17.5 Å². The van der Waals surface area contributed by atoms with Crippen molar-refractivity contribution in [3.63, 3.8) is 0 Å². The van der Waals surface area contributed by atoms with E-state index >= 15 is 0 Å². The van der Waals surface area contributed by atoms with Crippen LogP contribution in [0.3, 0.4) is 0 Å². The number of halogens is 3. The van der Waals surface area contributed by atoms with E-state index in [-0.39, 0.29) is 35.7 Å². The Morgan fingerprint density at radius 3 is 2.59 bits per heavy atom. The number of anilines is 1. The summed E-state index contributed by atoms with van der Waals surface area (Å²) in [5, 5.41) is 12.0. The van der Waals surface area contributed by atoms with Crippen molar-refractivity contribution < 1.29 is 31.9 Å². The molecule has 1 aliphatic heterocycles. The topological polar surface area (TPSA) is 95.6 Å². The van der Waals surface area contributed by atoms with Crippen molar-refractivity contribution in [2.24, 2.45) is 0 Å². The first-order valence-corrected chi connectivity index (χ1v) is 10.2. The van der Waals surface area contributed by atoms with Gasteiger partial charge in [-0.15, -0.1) is 0 Å². The van der Waals surface area contributed by atoms with Crippen LogP contribution in [-0.2, 0) is 17.8 Å². The van der Waals surface area contributed by atoms with Gasteiger partial charge in [-0.2, -0.15) is 18.4 Å². The second-order valence-corrected chi connectivity index (χ2v) is 7.61. The Morgan fingerprint density at radius 2 is 1.91 bits per heavy atom. The lowest BCUT2D eigenvalue weighted by atomic mass is 9.93. The summed E-state index contributed by atoms with van der Waals surface area (Å²) in [7, 11) is 0. The molecule has 7 nitrogen and oxygen atoms in total. The monoisotopic (exact) mass is 469 g/mol. The van der Waals surface area contributed by atoms with Gasteiger partial charge in [0.1, 0.15) is 17.9 Å². The molecular weight excluding hydrogens is 451 g/mol. The summed E-state index contributed by atoms with van der Waals surface area (Å²) in [6, 6.07) is 15.2. The molecule has 4 rings (SSSR count). The lowest BCUT2D eigenvalue weighted by Gasteiger charge is -2.35. The predicted molar refractivity (Wildman–Crippen MR) is 114 cm³/mol. The SMILES string of the molecule is N#Cc1cc(NC(=O)C2Cc3ccccc3CN2C(=O)c2ccco2)ccc1OCC(F)(F)F. The molecule has 34 heavy (non-hydrogen) atoms. The lowest BCUT2D eigenvalue weighted by molar-refractivity contribution is -0.153. The van der Waals surface area contributed by atoms with E-state index in [1.54, 1.807) is 12.1 Å². The van der Waals surface area contributed by atoms with Crippen LogP contribution in [0.4, 0.5) is 18.9 Å². The van der Waals surface area contributed by atoms with Crippen LogP contribution in [0.1, 0.15) is 27.2 Å². The molecule has 174 valence electrons. The Bertz CT molecular complexity index is 1250. The highest BCUT2D eigenvalue weighted by molar-refractivity contribution is 6.00. The van der Waals surface area contributed by atoms with E-state index in [0.717, 1.165) is 11.1 Å². The highest BCUT2D eigenvalue weighted by Gasteiger charge is 2.36. The normalized spacial score (nSPS) is 15.2. The number of hydrogen-bond acceptors (Lipinski definition) is 5. The van der Waals surface area contributed by atoms with Crippen molar-refractivity contribution in [3.8, 4) is 11.8 Å². The van der Waals surface area contributed by atoms with E-state index in [9.17, 15) is 28.0 Å². The molecule has 2 heterocycles. The van der Waals surface area contributed by atoms with Crippen LogP contribution in [0, 0.1) is 11.3 Å². The molecule has 1 aliphatic rings. The van der Waals surface area contributed by atoms with E-state index in [1.807, 2.05) is 24.3 Å². The maximum atomic E-state index is 13.2. The molecule has 0 spiro atoms. The van der Waals surface area contributed by atoms with Crippen molar-refractivity contribution in [1.29, 1.82) is 5.26 Å². The number of carbonyl (C=O) groups is 2. The lowest BCUT2D eigenvalue weighted by Crippen LogP contribution is -2.50. The predicted octanol–water partition coefficient (Wildman–Crippen LogP) is 4.30. The first-order chi connectivity index (χ1) is 16.2. The zero-order valence-corrected chi connectivity index (χ0v) is 17.6. The zero-order valence-electron chi connectivity index (χ0n) is 17.6. The Balaban J connectivity index is 1.56. The third kappa shape index (κ3) is 5.04. The van der Waals surface area contributed by atoms with Gasteiger partial charge >= 0.3 is 6.18 Å². The van der Waals surface area contributed by atoms with E-state index in [0.29, 0.717) is 0 Å². The van der Waals surface area contributed by atoms with Crippen LogP contribution >= 0.6 is 0 Å². The molecule has 3 aromatic rings. The van der Waals surface area contributed by atoms with Gasteiger partial charge in [0.25, 0.3) is 5.91 Å². The number of hydrogen-bond donors (Lipinski definition) is 1. The number of nitrogens with zero attached hydrogens (tertiary/aromatic N) is 2. The standard InChI is InChI=1S/C24H18F3N3O4/c25-24(26,27)14-34-20-8-7-18(10-17(20)12-28)29-22(31)19-11-15-4-1-2-5-16(15)13-30(19)23(32)21-6-3-9-33-21/h1-10,19H,11,13-14H2,(H,29,31). The summed E-state index contributed by atoms with van der Waals surface area (Å²) in [6.45, 7) is -1.35. The summed E-state index contributed by atoms with van der Waals surface area (Å²) in [4.78, 5) is 27.6. The number of furan rings is 1. The zero-order chi connectivity index (χ0) is 24.3. The molecule has 1 atom stereocenters. The molecule has 0 bridgehead atoms. The van der Waals surface area contributed by atoms with Gasteiger partial charge in [-0.3, -0.25) is 9.59 Å².